The number of carbonyl (C=O) groups excluding carboxylic acids is 2. The van der Waals surface area contributed by atoms with E-state index in [0.29, 0.717) is 23.6 Å². The van der Waals surface area contributed by atoms with Crippen molar-refractivity contribution in [2.75, 3.05) is 23.8 Å². The topological polar surface area (TPSA) is 67.4 Å². The van der Waals surface area contributed by atoms with Gasteiger partial charge in [0.2, 0.25) is 5.91 Å². The highest BCUT2D eigenvalue weighted by molar-refractivity contribution is 5.96. The smallest absolute Gasteiger partial charge is 0.243 e. The second-order valence-electron chi connectivity index (χ2n) is 5.38. The molecular formula is C19H22N2O3. The summed E-state index contributed by atoms with van der Waals surface area (Å²) in [6.45, 7) is 4.28. The molecule has 24 heavy (non-hydrogen) atoms. The summed E-state index contributed by atoms with van der Waals surface area (Å²) in [4.78, 5) is 23.3. The van der Waals surface area contributed by atoms with Gasteiger partial charge < -0.3 is 15.4 Å². The van der Waals surface area contributed by atoms with E-state index in [1.165, 1.54) is 6.92 Å². The third kappa shape index (κ3) is 5.12. The molecule has 126 valence electrons. The van der Waals surface area contributed by atoms with Gasteiger partial charge in [0.1, 0.15) is 5.75 Å². The van der Waals surface area contributed by atoms with Gasteiger partial charge in [-0.25, -0.2) is 0 Å². The number of amides is 1. The second-order valence-corrected chi connectivity index (χ2v) is 5.38. The van der Waals surface area contributed by atoms with Crippen molar-refractivity contribution in [3.8, 4) is 5.75 Å². The number of benzene rings is 2. The van der Waals surface area contributed by atoms with Crippen LogP contribution in [0.4, 0.5) is 11.4 Å². The minimum Gasteiger partial charge on any atom is -0.491 e. The van der Waals surface area contributed by atoms with Crippen molar-refractivity contribution in [1.29, 1.82) is 0 Å². The van der Waals surface area contributed by atoms with Crippen LogP contribution in [0.25, 0.3) is 0 Å². The second kappa shape index (κ2) is 8.72. The highest BCUT2D eigenvalue weighted by Gasteiger charge is 2.07. The summed E-state index contributed by atoms with van der Waals surface area (Å²) in [5.74, 6) is 0.514. The van der Waals surface area contributed by atoms with Gasteiger partial charge in [0, 0.05) is 11.3 Å². The molecule has 0 aliphatic heterocycles. The normalized spacial score (nSPS) is 10.1. The molecule has 0 saturated carbocycles. The first-order valence-electron chi connectivity index (χ1n) is 7.96. The Balaban J connectivity index is 1.90. The molecule has 2 aromatic rings. The molecule has 0 heterocycles. The van der Waals surface area contributed by atoms with Gasteiger partial charge >= 0.3 is 0 Å². The number of nitrogens with one attached hydrogen (secondary N) is 2. The van der Waals surface area contributed by atoms with E-state index in [0.717, 1.165) is 12.1 Å². The molecule has 0 atom stereocenters. The number of hydrogen-bond acceptors (Lipinski definition) is 4. The summed E-state index contributed by atoms with van der Waals surface area (Å²) in [5.41, 5.74) is 2.09. The van der Waals surface area contributed by atoms with Crippen LogP contribution in [0.2, 0.25) is 0 Å². The monoisotopic (exact) mass is 326 g/mol. The lowest BCUT2D eigenvalue weighted by Crippen LogP contribution is -2.22. The quantitative estimate of drug-likeness (QED) is 0.725. The predicted molar refractivity (Wildman–Crippen MR) is 95.8 cm³/mol. The molecular weight excluding hydrogens is 304 g/mol. The highest BCUT2D eigenvalue weighted by atomic mass is 16.5. The number of rotatable bonds is 8. The number of para-hydroxylation sites is 2. The average molecular weight is 326 g/mol. The Morgan fingerprint density at radius 3 is 2.42 bits per heavy atom. The predicted octanol–water partition coefficient (Wildman–Crippen LogP) is 3.73. The minimum absolute atomic E-state index is 0.0166. The van der Waals surface area contributed by atoms with Gasteiger partial charge in [-0.3, -0.25) is 9.59 Å². The van der Waals surface area contributed by atoms with Crippen LogP contribution in [-0.4, -0.2) is 24.8 Å². The zero-order valence-corrected chi connectivity index (χ0v) is 14.0. The first-order chi connectivity index (χ1) is 11.6. The van der Waals surface area contributed by atoms with Crippen LogP contribution in [0.1, 0.15) is 30.6 Å². The zero-order valence-electron chi connectivity index (χ0n) is 14.0. The van der Waals surface area contributed by atoms with Gasteiger partial charge in [0.25, 0.3) is 0 Å². The molecule has 0 spiro atoms. The zero-order chi connectivity index (χ0) is 17.4. The van der Waals surface area contributed by atoms with Gasteiger partial charge in [-0.15, -0.1) is 0 Å². The highest BCUT2D eigenvalue weighted by Crippen LogP contribution is 2.23. The summed E-state index contributed by atoms with van der Waals surface area (Å²) in [6, 6.07) is 14.4. The van der Waals surface area contributed by atoms with Crippen molar-refractivity contribution in [3.63, 3.8) is 0 Å². The van der Waals surface area contributed by atoms with E-state index in [1.807, 2.05) is 31.2 Å². The Labute approximate surface area is 142 Å². The van der Waals surface area contributed by atoms with Crippen LogP contribution in [0.15, 0.2) is 48.5 Å². The van der Waals surface area contributed by atoms with E-state index < -0.39 is 0 Å². The molecule has 0 aliphatic carbocycles. The Bertz CT molecular complexity index is 696. The molecule has 5 heteroatoms. The van der Waals surface area contributed by atoms with E-state index in [9.17, 15) is 9.59 Å². The van der Waals surface area contributed by atoms with Crippen LogP contribution < -0.4 is 15.4 Å². The Hall–Kier alpha value is -2.82. The lowest BCUT2D eigenvalue weighted by molar-refractivity contribution is -0.114. The van der Waals surface area contributed by atoms with Gasteiger partial charge in [0.05, 0.1) is 18.8 Å². The summed E-state index contributed by atoms with van der Waals surface area (Å²) >= 11 is 0. The number of anilines is 2. The Morgan fingerprint density at radius 2 is 1.75 bits per heavy atom. The van der Waals surface area contributed by atoms with Crippen molar-refractivity contribution < 1.29 is 14.3 Å². The Morgan fingerprint density at radius 1 is 1.04 bits per heavy atom. The van der Waals surface area contributed by atoms with Crippen LogP contribution in [0.3, 0.4) is 0 Å². The lowest BCUT2D eigenvalue weighted by atomic mass is 10.1. The van der Waals surface area contributed by atoms with Crippen molar-refractivity contribution in [2.45, 2.75) is 20.3 Å². The van der Waals surface area contributed by atoms with E-state index in [2.05, 4.69) is 10.6 Å². The van der Waals surface area contributed by atoms with Gasteiger partial charge in [-0.05, 0) is 49.7 Å². The molecule has 0 aliphatic rings. The number of ketones is 1. The maximum Gasteiger partial charge on any atom is 0.243 e. The fourth-order valence-corrected chi connectivity index (χ4v) is 2.11. The SMILES string of the molecule is CCCOc1ccccc1NC(=O)CNc1ccc(C(C)=O)cc1. The summed E-state index contributed by atoms with van der Waals surface area (Å²) in [7, 11) is 0. The maximum atomic E-state index is 12.1. The number of hydrogen-bond donors (Lipinski definition) is 2. The summed E-state index contributed by atoms with van der Waals surface area (Å²) < 4.78 is 5.62. The van der Waals surface area contributed by atoms with Crippen molar-refractivity contribution in [2.24, 2.45) is 0 Å². The van der Waals surface area contributed by atoms with Gasteiger partial charge in [-0.2, -0.15) is 0 Å². The fraction of sp³-hybridized carbons (Fsp3) is 0.263. The molecule has 5 nitrogen and oxygen atoms in total. The third-order valence-corrected chi connectivity index (χ3v) is 3.37. The summed E-state index contributed by atoms with van der Waals surface area (Å²) in [5, 5.41) is 5.87. The van der Waals surface area contributed by atoms with Crippen molar-refractivity contribution >= 4 is 23.1 Å². The van der Waals surface area contributed by atoms with Gasteiger partial charge in [-0.1, -0.05) is 19.1 Å². The van der Waals surface area contributed by atoms with E-state index in [4.69, 9.17) is 4.74 Å². The minimum atomic E-state index is -0.168. The molecule has 0 unspecified atom stereocenters. The molecule has 0 saturated heterocycles. The van der Waals surface area contributed by atoms with Crippen LogP contribution >= 0.6 is 0 Å². The molecule has 1 amide bonds. The number of carbonyl (C=O) groups is 2. The van der Waals surface area contributed by atoms with Crippen LogP contribution in [0, 0.1) is 0 Å². The van der Waals surface area contributed by atoms with Crippen LogP contribution in [0.5, 0.6) is 5.75 Å². The van der Waals surface area contributed by atoms with Gasteiger partial charge in [0.15, 0.2) is 5.78 Å². The van der Waals surface area contributed by atoms with E-state index in [1.54, 1.807) is 24.3 Å². The number of ether oxygens (including phenoxy) is 1. The molecule has 0 radical (unpaired) electrons. The molecule has 2 N–H and O–H groups in total. The molecule has 0 fully saturated rings. The van der Waals surface area contributed by atoms with Crippen LogP contribution in [-0.2, 0) is 4.79 Å². The number of Topliss-reactive ketones (excluding diaryl/α,β-unsaturated/α-hetero) is 1. The first kappa shape index (κ1) is 17.5. The third-order valence-electron chi connectivity index (χ3n) is 3.37. The fourth-order valence-electron chi connectivity index (χ4n) is 2.11. The Kier molecular flexibility index (Phi) is 6.37. The van der Waals surface area contributed by atoms with E-state index in [-0.39, 0.29) is 18.2 Å². The summed E-state index contributed by atoms with van der Waals surface area (Å²) in [6.07, 6.45) is 0.903. The largest absolute Gasteiger partial charge is 0.491 e. The standard InChI is InChI=1S/C19H22N2O3/c1-3-12-24-18-7-5-4-6-17(18)21-19(23)13-20-16-10-8-15(9-11-16)14(2)22/h4-11,20H,3,12-13H2,1-2H3,(H,21,23). The first-order valence-corrected chi connectivity index (χ1v) is 7.96. The van der Waals surface area contributed by atoms with E-state index >= 15 is 0 Å². The molecule has 2 rings (SSSR count). The molecule has 0 aromatic heterocycles. The lowest BCUT2D eigenvalue weighted by Gasteiger charge is -2.12. The maximum absolute atomic E-state index is 12.1. The van der Waals surface area contributed by atoms with Crippen molar-refractivity contribution in [1.82, 2.24) is 0 Å². The molecule has 2 aromatic carbocycles. The molecule has 0 bridgehead atoms. The van der Waals surface area contributed by atoms with Crippen molar-refractivity contribution in [3.05, 3.63) is 54.1 Å². The average Bonchev–Trinajstić information content (AvgIpc) is 2.59.